The van der Waals surface area contributed by atoms with Crippen LogP contribution in [0.25, 0.3) is 0 Å². The Morgan fingerprint density at radius 2 is 2.19 bits per heavy atom. The van der Waals surface area contributed by atoms with E-state index in [1.165, 1.54) is 11.8 Å². The molecule has 7 heteroatoms. The number of aryl methyl sites for hydroxylation is 1. The Labute approximate surface area is 127 Å². The Hall–Kier alpha value is -1.89. The van der Waals surface area contributed by atoms with Gasteiger partial charge in [0.2, 0.25) is 0 Å². The molecule has 0 aromatic carbocycles. The SMILES string of the molecule is Cc1cnccc1Cn1c(SCC(=O)O)nnc1C(C)C. The van der Waals surface area contributed by atoms with E-state index >= 15 is 0 Å². The van der Waals surface area contributed by atoms with Crippen molar-refractivity contribution in [1.82, 2.24) is 19.7 Å². The van der Waals surface area contributed by atoms with Gasteiger partial charge in [-0.25, -0.2) is 0 Å². The summed E-state index contributed by atoms with van der Waals surface area (Å²) in [6, 6.07) is 1.96. The lowest BCUT2D eigenvalue weighted by Crippen LogP contribution is -2.10. The lowest BCUT2D eigenvalue weighted by Gasteiger charge is -2.13. The van der Waals surface area contributed by atoms with Gasteiger partial charge in [-0.15, -0.1) is 10.2 Å². The van der Waals surface area contributed by atoms with Crippen LogP contribution in [0.3, 0.4) is 0 Å². The maximum Gasteiger partial charge on any atom is 0.313 e. The van der Waals surface area contributed by atoms with Crippen molar-refractivity contribution in [2.45, 2.75) is 38.4 Å². The van der Waals surface area contributed by atoms with Gasteiger partial charge in [-0.2, -0.15) is 0 Å². The molecule has 2 heterocycles. The number of aliphatic carboxylic acids is 1. The van der Waals surface area contributed by atoms with E-state index in [1.54, 1.807) is 6.20 Å². The summed E-state index contributed by atoms with van der Waals surface area (Å²) in [6.45, 7) is 6.72. The molecule has 0 aliphatic carbocycles. The molecule has 0 saturated carbocycles. The van der Waals surface area contributed by atoms with E-state index in [0.29, 0.717) is 11.7 Å². The Kier molecular flexibility index (Phi) is 4.95. The van der Waals surface area contributed by atoms with Gasteiger partial charge in [-0.05, 0) is 24.1 Å². The zero-order valence-electron chi connectivity index (χ0n) is 12.3. The molecule has 0 aliphatic heterocycles. The lowest BCUT2D eigenvalue weighted by atomic mass is 10.1. The average molecular weight is 306 g/mol. The van der Waals surface area contributed by atoms with E-state index in [2.05, 4.69) is 15.2 Å². The van der Waals surface area contributed by atoms with E-state index in [1.807, 2.05) is 37.6 Å². The molecule has 0 saturated heterocycles. The minimum atomic E-state index is -0.860. The van der Waals surface area contributed by atoms with Gasteiger partial charge in [0.25, 0.3) is 0 Å². The predicted octanol–water partition coefficient (Wildman–Crippen LogP) is 2.33. The average Bonchev–Trinajstić information content (AvgIpc) is 2.82. The van der Waals surface area contributed by atoms with Crippen LogP contribution in [0.5, 0.6) is 0 Å². The Bertz CT molecular complexity index is 640. The normalized spacial score (nSPS) is 11.0. The minimum Gasteiger partial charge on any atom is -0.481 e. The van der Waals surface area contributed by atoms with Crippen molar-refractivity contribution in [2.75, 3.05) is 5.75 Å². The number of carboxylic acid groups (broad SMARTS) is 1. The maximum atomic E-state index is 10.8. The summed E-state index contributed by atoms with van der Waals surface area (Å²) in [5.74, 6) is 0.199. The number of hydrogen-bond donors (Lipinski definition) is 1. The summed E-state index contributed by atoms with van der Waals surface area (Å²) in [7, 11) is 0. The smallest absolute Gasteiger partial charge is 0.313 e. The van der Waals surface area contributed by atoms with E-state index in [9.17, 15) is 4.79 Å². The van der Waals surface area contributed by atoms with Crippen LogP contribution in [0.4, 0.5) is 0 Å². The molecule has 2 aromatic heterocycles. The highest BCUT2D eigenvalue weighted by Gasteiger charge is 2.17. The van der Waals surface area contributed by atoms with Crippen molar-refractivity contribution in [3.63, 3.8) is 0 Å². The quantitative estimate of drug-likeness (QED) is 0.825. The summed E-state index contributed by atoms with van der Waals surface area (Å²) >= 11 is 1.19. The fourth-order valence-electron chi connectivity index (χ4n) is 1.96. The number of carboxylic acids is 1. The summed E-state index contributed by atoms with van der Waals surface area (Å²) in [5.41, 5.74) is 2.22. The molecular weight excluding hydrogens is 288 g/mol. The molecule has 0 bridgehead atoms. The second-order valence-corrected chi connectivity index (χ2v) is 6.01. The zero-order valence-corrected chi connectivity index (χ0v) is 13.1. The predicted molar refractivity (Wildman–Crippen MR) is 80.5 cm³/mol. The van der Waals surface area contributed by atoms with Crippen LogP contribution in [-0.2, 0) is 11.3 Å². The molecule has 2 aromatic rings. The molecular formula is C14H18N4O2S. The molecule has 0 radical (unpaired) electrons. The van der Waals surface area contributed by atoms with Gasteiger partial charge in [-0.3, -0.25) is 9.78 Å². The summed E-state index contributed by atoms with van der Waals surface area (Å²) < 4.78 is 1.99. The first-order valence-corrected chi connectivity index (χ1v) is 7.64. The Morgan fingerprint density at radius 3 is 2.81 bits per heavy atom. The Morgan fingerprint density at radius 1 is 1.43 bits per heavy atom. The molecule has 0 aliphatic rings. The van der Waals surface area contributed by atoms with E-state index in [0.717, 1.165) is 17.0 Å². The second kappa shape index (κ2) is 6.71. The number of aromatic nitrogens is 4. The first-order valence-electron chi connectivity index (χ1n) is 6.66. The summed E-state index contributed by atoms with van der Waals surface area (Å²) in [6.07, 6.45) is 3.57. The molecule has 21 heavy (non-hydrogen) atoms. The largest absolute Gasteiger partial charge is 0.481 e. The minimum absolute atomic E-state index is 0.0223. The van der Waals surface area contributed by atoms with E-state index in [-0.39, 0.29) is 11.7 Å². The fraction of sp³-hybridized carbons (Fsp3) is 0.429. The van der Waals surface area contributed by atoms with Gasteiger partial charge in [0.05, 0.1) is 12.3 Å². The van der Waals surface area contributed by atoms with Gasteiger partial charge in [0.15, 0.2) is 5.16 Å². The number of carbonyl (C=O) groups is 1. The van der Waals surface area contributed by atoms with Crippen molar-refractivity contribution < 1.29 is 9.90 Å². The van der Waals surface area contributed by atoms with Crippen LogP contribution in [-0.4, -0.2) is 36.6 Å². The Balaban J connectivity index is 2.32. The summed E-state index contributed by atoms with van der Waals surface area (Å²) in [4.78, 5) is 14.8. The van der Waals surface area contributed by atoms with Gasteiger partial charge in [0, 0.05) is 18.3 Å². The molecule has 0 fully saturated rings. The number of pyridine rings is 1. The zero-order chi connectivity index (χ0) is 15.4. The van der Waals surface area contributed by atoms with Crippen molar-refractivity contribution >= 4 is 17.7 Å². The third-order valence-electron chi connectivity index (χ3n) is 3.05. The standard InChI is InChI=1S/C14H18N4O2S/c1-9(2)13-16-17-14(21-8-12(19)20)18(13)7-11-4-5-15-6-10(11)3/h4-6,9H,7-8H2,1-3H3,(H,19,20). The molecule has 2 rings (SSSR count). The molecule has 6 nitrogen and oxygen atoms in total. The van der Waals surface area contributed by atoms with Crippen LogP contribution >= 0.6 is 11.8 Å². The number of nitrogens with zero attached hydrogens (tertiary/aromatic N) is 4. The highest BCUT2D eigenvalue weighted by Crippen LogP contribution is 2.23. The van der Waals surface area contributed by atoms with Gasteiger partial charge in [-0.1, -0.05) is 25.6 Å². The molecule has 112 valence electrons. The first kappa shape index (κ1) is 15.5. The fourth-order valence-corrected chi connectivity index (χ4v) is 2.62. The number of thioether (sulfide) groups is 1. The molecule has 1 N–H and O–H groups in total. The van der Waals surface area contributed by atoms with Crippen LogP contribution in [0, 0.1) is 6.92 Å². The topological polar surface area (TPSA) is 80.9 Å². The van der Waals surface area contributed by atoms with E-state index < -0.39 is 5.97 Å². The molecule has 0 atom stereocenters. The monoisotopic (exact) mass is 306 g/mol. The third-order valence-corrected chi connectivity index (χ3v) is 4.00. The van der Waals surface area contributed by atoms with Crippen molar-refractivity contribution in [2.24, 2.45) is 0 Å². The number of rotatable bonds is 6. The second-order valence-electron chi connectivity index (χ2n) is 5.07. The van der Waals surface area contributed by atoms with Crippen molar-refractivity contribution in [1.29, 1.82) is 0 Å². The van der Waals surface area contributed by atoms with Crippen LogP contribution < -0.4 is 0 Å². The molecule has 0 amide bonds. The summed E-state index contributed by atoms with van der Waals surface area (Å²) in [5, 5.41) is 17.8. The third kappa shape index (κ3) is 3.81. The van der Waals surface area contributed by atoms with Crippen LogP contribution in [0.15, 0.2) is 23.6 Å². The molecule has 0 spiro atoms. The van der Waals surface area contributed by atoms with Crippen LogP contribution in [0.2, 0.25) is 0 Å². The lowest BCUT2D eigenvalue weighted by molar-refractivity contribution is -0.133. The maximum absolute atomic E-state index is 10.8. The van der Waals surface area contributed by atoms with Gasteiger partial charge >= 0.3 is 5.97 Å². The van der Waals surface area contributed by atoms with Crippen molar-refractivity contribution in [3.05, 3.63) is 35.4 Å². The van der Waals surface area contributed by atoms with Gasteiger partial charge in [0.1, 0.15) is 5.82 Å². The van der Waals surface area contributed by atoms with Crippen LogP contribution in [0.1, 0.15) is 36.7 Å². The van der Waals surface area contributed by atoms with Crippen molar-refractivity contribution in [3.8, 4) is 0 Å². The molecule has 0 unspecified atom stereocenters. The van der Waals surface area contributed by atoms with E-state index in [4.69, 9.17) is 5.11 Å². The highest BCUT2D eigenvalue weighted by atomic mass is 32.2. The number of hydrogen-bond acceptors (Lipinski definition) is 5. The first-order chi connectivity index (χ1) is 9.99. The highest BCUT2D eigenvalue weighted by molar-refractivity contribution is 7.99. The van der Waals surface area contributed by atoms with Gasteiger partial charge < -0.3 is 9.67 Å².